The number of phenols is 1. The van der Waals surface area contributed by atoms with E-state index in [1.54, 1.807) is 12.1 Å². The summed E-state index contributed by atoms with van der Waals surface area (Å²) < 4.78 is 89.9. The third-order valence-corrected chi connectivity index (χ3v) is 21.0. The van der Waals surface area contributed by atoms with Gasteiger partial charge in [-0.2, -0.15) is 13.7 Å². The minimum absolute atomic E-state index is 0.00758. The molecule has 0 aliphatic carbocycles. The van der Waals surface area contributed by atoms with Gasteiger partial charge in [-0.3, -0.25) is 44.0 Å². The molecule has 5 aromatic carbocycles. The standard InChI is InChI=1S/C25H26N2O4S.C15H20N2O4S.C14H18N2O5S.C8H6N2O/c1-16-7-8-20-24(28)23(13-22-19-6-4-3-5-17(19)14-26-22)31-25(20)21(16)15-27-11-9-18(10-12-27)32(2,29)30;1-11-3-4-12-14(18)10-21-15(12)13(11)9-16-5-7-17(8-6-16)22(2,19)20;1-22(19,20)16-6-4-15(5-7-16)8-11-12(17)3-2-10-13(18)9-21-14(10)11;11-5-8-6-3-1-2-4-7(6)9-10-8/h3-8,13,18H,9-12,14-15H2,1-2H3;3-4H,5-10H2,1-2H3;2-3,17H,4-9H2,1H3;1-5H,(H,9,10)/b23-13-;;;. The molecule has 0 unspecified atom stereocenters. The van der Waals surface area contributed by atoms with E-state index in [0.29, 0.717) is 155 Å². The molecule has 1 aromatic heterocycles. The first kappa shape index (κ1) is 62.6. The number of aromatic nitrogens is 2. The van der Waals surface area contributed by atoms with Gasteiger partial charge in [-0.05, 0) is 86.8 Å². The van der Waals surface area contributed by atoms with E-state index >= 15 is 0 Å². The Hall–Kier alpha value is -7.49. The van der Waals surface area contributed by atoms with Gasteiger partial charge in [0.25, 0.3) is 0 Å². The number of aldehydes is 1. The zero-order chi connectivity index (χ0) is 62.0. The highest BCUT2D eigenvalue weighted by Gasteiger charge is 2.35. The number of carbonyl (C=O) groups excluding carboxylic acids is 4. The fourth-order valence-electron chi connectivity index (χ4n) is 11.6. The number of hydrogen-bond donors (Lipinski definition) is 2. The molecule has 0 spiro atoms. The predicted octanol–water partition coefficient (Wildman–Crippen LogP) is 5.53. The number of aromatic hydroxyl groups is 1. The Morgan fingerprint density at radius 2 is 1.10 bits per heavy atom. The number of allylic oxidation sites excluding steroid dienone is 2. The van der Waals surface area contributed by atoms with Crippen molar-refractivity contribution in [3.8, 4) is 23.0 Å². The maximum atomic E-state index is 13.1. The van der Waals surface area contributed by atoms with Crippen molar-refractivity contribution < 1.29 is 63.7 Å². The second-order valence-electron chi connectivity index (χ2n) is 22.6. The van der Waals surface area contributed by atoms with Gasteiger partial charge in [-0.1, -0.05) is 54.6 Å². The molecule has 0 amide bonds. The van der Waals surface area contributed by atoms with Crippen LogP contribution in [0.15, 0.2) is 102 Å². The summed E-state index contributed by atoms with van der Waals surface area (Å²) in [6, 6.07) is 26.2. The lowest BCUT2D eigenvalue weighted by atomic mass is 10.00. The molecule has 87 heavy (non-hydrogen) atoms. The molecule has 0 bridgehead atoms. The molecule has 13 rings (SSSR count). The zero-order valence-corrected chi connectivity index (χ0v) is 51.6. The number of hydrogen-bond acceptors (Lipinski definition) is 19. The number of phenolic OH excluding ortho intramolecular Hbond substituents is 1. The number of ketones is 3. The molecule has 0 atom stereocenters. The Kier molecular flexibility index (Phi) is 18.7. The number of para-hydroxylation sites is 1. The SMILES string of the molecule is CS(=O)(=O)N1CCN(Cc2c(O)ccc3c2OCC3=O)CC1.Cc1ccc2c(c1CN1CCC(S(C)(=O)=O)CC1)O/C(=C\C1=NCc3ccccc31)C2=O.Cc1ccc2c(c1CN1CCN(S(C)(=O)=O)CC1)OCC2=O.O=Cc1[nH]nc2ccccc12. The molecule has 8 heterocycles. The average molecular weight is 1250 g/mol. The summed E-state index contributed by atoms with van der Waals surface area (Å²) in [6.07, 6.45) is 7.57. The average Bonchev–Trinajstić information content (AvgIpc) is 1.87. The van der Waals surface area contributed by atoms with E-state index in [0.717, 1.165) is 56.3 Å². The predicted molar refractivity (Wildman–Crippen MR) is 328 cm³/mol. The first-order valence-corrected chi connectivity index (χ1v) is 34.2. The number of nitrogens with zero attached hydrogens (tertiary/aromatic N) is 7. The molecule has 22 nitrogen and oxygen atoms in total. The maximum Gasteiger partial charge on any atom is 0.232 e. The number of benzene rings is 5. The van der Waals surface area contributed by atoms with Crippen molar-refractivity contribution >= 4 is 70.1 Å². The number of H-pyrrole nitrogens is 1. The largest absolute Gasteiger partial charge is 0.507 e. The zero-order valence-electron chi connectivity index (χ0n) is 49.2. The van der Waals surface area contributed by atoms with Crippen molar-refractivity contribution in [2.24, 2.45) is 4.99 Å². The van der Waals surface area contributed by atoms with Crippen LogP contribution < -0.4 is 14.2 Å². The lowest BCUT2D eigenvalue weighted by Gasteiger charge is -2.33. The number of nitrogens with one attached hydrogen (secondary N) is 1. The van der Waals surface area contributed by atoms with Crippen LogP contribution in [0.4, 0.5) is 0 Å². The van der Waals surface area contributed by atoms with Crippen LogP contribution in [0, 0.1) is 13.8 Å². The molecular weight excluding hydrogens is 1180 g/mol. The van der Waals surface area contributed by atoms with Crippen LogP contribution in [0.25, 0.3) is 10.9 Å². The number of fused-ring (bicyclic) bond motifs is 5. The van der Waals surface area contributed by atoms with Crippen molar-refractivity contribution in [1.82, 2.24) is 33.5 Å². The molecule has 3 saturated heterocycles. The van der Waals surface area contributed by atoms with E-state index in [4.69, 9.17) is 14.2 Å². The summed E-state index contributed by atoms with van der Waals surface area (Å²) in [5, 5.41) is 17.2. The number of Topliss-reactive ketones (excluding diaryl/α,β-unsaturated/α-hetero) is 3. The summed E-state index contributed by atoms with van der Waals surface area (Å²) in [6.45, 7) is 12.3. The van der Waals surface area contributed by atoms with Gasteiger partial charge in [0, 0.05) is 106 Å². The highest BCUT2D eigenvalue weighted by Crippen LogP contribution is 2.40. The maximum absolute atomic E-state index is 13.1. The van der Waals surface area contributed by atoms with E-state index in [9.17, 15) is 49.5 Å². The van der Waals surface area contributed by atoms with Crippen LogP contribution in [0.1, 0.15) is 93.3 Å². The fourth-order valence-corrected chi connectivity index (χ4v) is 14.3. The molecule has 3 fully saturated rings. The van der Waals surface area contributed by atoms with Crippen LogP contribution in [0.2, 0.25) is 0 Å². The Bertz CT molecular complexity index is 3960. The number of piperazine rings is 2. The van der Waals surface area contributed by atoms with Crippen molar-refractivity contribution in [1.29, 1.82) is 0 Å². The van der Waals surface area contributed by atoms with Crippen LogP contribution in [0.5, 0.6) is 23.0 Å². The van der Waals surface area contributed by atoms with Gasteiger partial charge in [0.05, 0.1) is 57.8 Å². The lowest BCUT2D eigenvalue weighted by Crippen LogP contribution is -2.47. The summed E-state index contributed by atoms with van der Waals surface area (Å²) >= 11 is 0. The molecule has 7 aliphatic rings. The second kappa shape index (κ2) is 26.1. The first-order valence-electron chi connectivity index (χ1n) is 28.6. The van der Waals surface area contributed by atoms with Crippen LogP contribution >= 0.6 is 0 Å². The van der Waals surface area contributed by atoms with Crippen LogP contribution in [0.3, 0.4) is 0 Å². The smallest absolute Gasteiger partial charge is 0.232 e. The van der Waals surface area contributed by atoms with Gasteiger partial charge in [0.2, 0.25) is 37.4 Å². The number of aromatic amines is 1. The minimum atomic E-state index is -3.16. The van der Waals surface area contributed by atoms with E-state index in [-0.39, 0.29) is 41.6 Å². The monoisotopic (exact) mass is 1250 g/mol. The van der Waals surface area contributed by atoms with Crippen molar-refractivity contribution in [3.63, 3.8) is 0 Å². The number of aryl methyl sites for hydroxylation is 2. The number of likely N-dealkylation sites (tertiary alicyclic amines) is 1. The van der Waals surface area contributed by atoms with Crippen molar-refractivity contribution in [2.75, 3.05) is 97.4 Å². The molecule has 0 saturated carbocycles. The minimum Gasteiger partial charge on any atom is -0.507 e. The van der Waals surface area contributed by atoms with E-state index < -0.39 is 29.9 Å². The highest BCUT2D eigenvalue weighted by atomic mass is 32.2. The molecule has 6 aromatic rings. The quantitative estimate of drug-likeness (QED) is 0.119. The number of ether oxygens (including phenoxy) is 3. The summed E-state index contributed by atoms with van der Waals surface area (Å²) in [5.41, 5.74) is 10.9. The summed E-state index contributed by atoms with van der Waals surface area (Å²) in [7, 11) is -9.27. The van der Waals surface area contributed by atoms with Crippen molar-refractivity contribution in [2.45, 2.75) is 58.1 Å². The first-order chi connectivity index (χ1) is 41.4. The van der Waals surface area contributed by atoms with Gasteiger partial charge >= 0.3 is 0 Å². The number of rotatable bonds is 11. The Balaban J connectivity index is 0.000000135. The summed E-state index contributed by atoms with van der Waals surface area (Å²) in [4.78, 5) is 58.0. The number of aliphatic imine (C=N–C) groups is 1. The van der Waals surface area contributed by atoms with E-state index in [2.05, 4.69) is 25.0 Å². The van der Waals surface area contributed by atoms with E-state index in [1.807, 2.05) is 91.5 Å². The number of sulfonamides is 2. The topological polar surface area (TPSA) is 276 Å². The number of piperidine rings is 1. The molecule has 25 heteroatoms. The Morgan fingerprint density at radius 3 is 1.68 bits per heavy atom. The van der Waals surface area contributed by atoms with E-state index in [1.165, 1.54) is 33.4 Å². The van der Waals surface area contributed by atoms with Crippen LogP contribution in [-0.4, -0.2) is 196 Å². The normalized spacial score (nSPS) is 18.8. The number of sulfone groups is 1. The van der Waals surface area contributed by atoms with Gasteiger partial charge in [0.15, 0.2) is 25.3 Å². The number of carbonyl (C=O) groups is 4. The molecule has 2 N–H and O–H groups in total. The van der Waals surface area contributed by atoms with Gasteiger partial charge < -0.3 is 19.3 Å². The molecule has 460 valence electrons. The Labute approximate surface area is 506 Å². The molecular formula is C62H70N8O14S3. The molecule has 0 radical (unpaired) electrons. The Morgan fingerprint density at radius 1 is 0.598 bits per heavy atom. The second-order valence-corrected chi connectivity index (χ2v) is 28.9. The highest BCUT2D eigenvalue weighted by molar-refractivity contribution is 7.91. The fraction of sp³-hybridized carbons (Fsp3) is 0.387. The van der Waals surface area contributed by atoms with Gasteiger partial charge in [-0.25, -0.2) is 25.3 Å². The third kappa shape index (κ3) is 14.3. The lowest BCUT2D eigenvalue weighted by molar-refractivity contribution is 0.0953. The summed E-state index contributed by atoms with van der Waals surface area (Å²) in [5.74, 6) is 2.00. The van der Waals surface area contributed by atoms with Gasteiger partial charge in [0.1, 0.15) is 38.5 Å². The third-order valence-electron chi connectivity index (χ3n) is 16.7. The molecule has 7 aliphatic heterocycles. The van der Waals surface area contributed by atoms with Crippen molar-refractivity contribution in [3.05, 3.63) is 158 Å². The van der Waals surface area contributed by atoms with Gasteiger partial charge in [-0.15, -0.1) is 0 Å². The van der Waals surface area contributed by atoms with Crippen LogP contribution in [-0.2, 0) is 56.1 Å².